The number of aliphatic hydroxyl groups excluding tert-OH is 2. The summed E-state index contributed by atoms with van der Waals surface area (Å²) in [6, 6.07) is 5.03. The molecular formula is C23H26F4N2O4. The molecule has 0 aliphatic heterocycles. The molecular weight excluding hydrogens is 444 g/mol. The predicted molar refractivity (Wildman–Crippen MR) is 114 cm³/mol. The molecule has 10 heteroatoms. The highest BCUT2D eigenvalue weighted by Gasteiger charge is 2.42. The average molecular weight is 470 g/mol. The Bertz CT molecular complexity index is 1050. The summed E-state index contributed by atoms with van der Waals surface area (Å²) in [6.07, 6.45) is -8.66. The monoisotopic (exact) mass is 470 g/mol. The molecule has 0 saturated heterocycles. The first kappa shape index (κ1) is 24.8. The van der Waals surface area contributed by atoms with Crippen LogP contribution < -0.4 is 15.4 Å². The van der Waals surface area contributed by atoms with Crippen LogP contribution in [0.15, 0.2) is 30.3 Å². The van der Waals surface area contributed by atoms with E-state index in [-0.39, 0.29) is 17.9 Å². The molecule has 0 unspecified atom stereocenters. The van der Waals surface area contributed by atoms with E-state index in [1.54, 1.807) is 20.8 Å². The maximum absolute atomic E-state index is 13.5. The second-order valence-electron chi connectivity index (χ2n) is 9.04. The summed E-state index contributed by atoms with van der Waals surface area (Å²) in [7, 11) is 1.13. The fourth-order valence-electron chi connectivity index (χ4n) is 3.85. The molecule has 2 aromatic rings. The van der Waals surface area contributed by atoms with Crippen molar-refractivity contribution in [2.75, 3.05) is 12.4 Å². The number of benzene rings is 2. The molecule has 6 nitrogen and oxygen atoms in total. The topological polar surface area (TPSA) is 90.8 Å². The molecule has 0 bridgehead atoms. The fraction of sp³-hybridized carbons (Fsp3) is 0.435. The number of carbonyl (C=O) groups is 1. The Balaban J connectivity index is 1.90. The molecule has 0 heterocycles. The quantitative estimate of drug-likeness (QED) is 0.495. The number of urea groups is 1. The van der Waals surface area contributed by atoms with Gasteiger partial charge in [-0.2, -0.15) is 13.2 Å². The lowest BCUT2D eigenvalue weighted by Crippen LogP contribution is -2.40. The van der Waals surface area contributed by atoms with Gasteiger partial charge in [-0.15, -0.1) is 0 Å². The van der Waals surface area contributed by atoms with Gasteiger partial charge in [0, 0.05) is 5.56 Å². The van der Waals surface area contributed by atoms with Crippen molar-refractivity contribution >= 4 is 11.7 Å². The standard InChI is InChI=1S/C23H26F4N2O4/c1-22(2,3)12-9-15(20(31)23(25,26)27)19(33-4)17(10-12)29-21(32)28-16-8-11-7-13(24)5-6-14(11)18(16)30/h5-7,9-10,16,18,20,30-31H,8H2,1-4H3,(H2,28,29,32)/t16-,18+,20-/m1/s1. The molecule has 2 aromatic carbocycles. The van der Waals surface area contributed by atoms with E-state index < -0.39 is 47.3 Å². The molecule has 180 valence electrons. The summed E-state index contributed by atoms with van der Waals surface area (Å²) in [4.78, 5) is 12.7. The van der Waals surface area contributed by atoms with Crippen molar-refractivity contribution in [3.05, 3.63) is 58.4 Å². The lowest BCUT2D eigenvalue weighted by atomic mass is 9.84. The lowest BCUT2D eigenvalue weighted by molar-refractivity contribution is -0.207. The predicted octanol–water partition coefficient (Wildman–Crippen LogP) is 4.51. The van der Waals surface area contributed by atoms with Crippen molar-refractivity contribution in [1.29, 1.82) is 0 Å². The van der Waals surface area contributed by atoms with E-state index in [4.69, 9.17) is 4.74 Å². The number of halogens is 4. The summed E-state index contributed by atoms with van der Waals surface area (Å²) in [5.74, 6) is -0.800. The smallest absolute Gasteiger partial charge is 0.418 e. The molecule has 3 atom stereocenters. The summed E-state index contributed by atoms with van der Waals surface area (Å²) >= 11 is 0. The number of rotatable bonds is 4. The van der Waals surface area contributed by atoms with Gasteiger partial charge in [-0.3, -0.25) is 0 Å². The summed E-state index contributed by atoms with van der Waals surface area (Å²) in [5.41, 5.74) is 0.265. The Morgan fingerprint density at radius 1 is 1.18 bits per heavy atom. The normalized spacial score (nSPS) is 19.1. The first-order chi connectivity index (χ1) is 15.2. The number of alkyl halides is 3. The average Bonchev–Trinajstić information content (AvgIpc) is 2.99. The second kappa shape index (κ2) is 8.83. The number of hydrogen-bond acceptors (Lipinski definition) is 4. The van der Waals surface area contributed by atoms with Crippen LogP contribution in [-0.4, -0.2) is 35.6 Å². The van der Waals surface area contributed by atoms with E-state index in [0.29, 0.717) is 16.7 Å². The molecule has 0 radical (unpaired) electrons. The zero-order chi connectivity index (χ0) is 24.7. The zero-order valence-electron chi connectivity index (χ0n) is 18.5. The van der Waals surface area contributed by atoms with Crippen LogP contribution in [0, 0.1) is 5.82 Å². The Morgan fingerprint density at radius 2 is 1.85 bits per heavy atom. The molecule has 4 N–H and O–H groups in total. The fourth-order valence-corrected chi connectivity index (χ4v) is 3.85. The number of aliphatic hydroxyl groups is 2. The van der Waals surface area contributed by atoms with Crippen LogP contribution in [0.4, 0.5) is 28.0 Å². The van der Waals surface area contributed by atoms with E-state index in [9.17, 15) is 32.6 Å². The molecule has 0 aromatic heterocycles. The molecule has 0 fully saturated rings. The Hall–Kier alpha value is -2.85. The largest absolute Gasteiger partial charge is 0.494 e. The van der Waals surface area contributed by atoms with Crippen LogP contribution in [0.25, 0.3) is 0 Å². The van der Waals surface area contributed by atoms with Gasteiger partial charge in [-0.25, -0.2) is 9.18 Å². The summed E-state index contributed by atoms with van der Waals surface area (Å²) in [6.45, 7) is 5.31. The van der Waals surface area contributed by atoms with Crippen LogP contribution >= 0.6 is 0 Å². The first-order valence-corrected chi connectivity index (χ1v) is 10.2. The van der Waals surface area contributed by atoms with Crippen molar-refractivity contribution in [3.8, 4) is 5.75 Å². The highest BCUT2D eigenvalue weighted by Crippen LogP contribution is 2.43. The number of amides is 2. The van der Waals surface area contributed by atoms with Gasteiger partial charge in [-0.05, 0) is 52.8 Å². The van der Waals surface area contributed by atoms with Crippen LogP contribution in [0.1, 0.15) is 55.2 Å². The van der Waals surface area contributed by atoms with Crippen LogP contribution in [0.3, 0.4) is 0 Å². The highest BCUT2D eigenvalue weighted by molar-refractivity contribution is 5.92. The van der Waals surface area contributed by atoms with Crippen molar-refractivity contribution in [2.45, 2.75) is 57.0 Å². The van der Waals surface area contributed by atoms with E-state index in [2.05, 4.69) is 10.6 Å². The first-order valence-electron chi connectivity index (χ1n) is 10.2. The van der Waals surface area contributed by atoms with Gasteiger partial charge in [0.05, 0.1) is 24.9 Å². The number of ether oxygens (including phenoxy) is 1. The van der Waals surface area contributed by atoms with Crippen LogP contribution in [-0.2, 0) is 11.8 Å². The maximum Gasteiger partial charge on any atom is 0.418 e. The van der Waals surface area contributed by atoms with Gasteiger partial charge in [0.25, 0.3) is 0 Å². The number of hydrogen-bond donors (Lipinski definition) is 4. The number of methoxy groups -OCH3 is 1. The van der Waals surface area contributed by atoms with Gasteiger partial charge >= 0.3 is 12.2 Å². The Kier molecular flexibility index (Phi) is 6.63. The molecule has 1 aliphatic carbocycles. The van der Waals surface area contributed by atoms with E-state index in [1.165, 1.54) is 30.3 Å². The van der Waals surface area contributed by atoms with Gasteiger partial charge in [-0.1, -0.05) is 26.8 Å². The molecule has 33 heavy (non-hydrogen) atoms. The second-order valence-corrected chi connectivity index (χ2v) is 9.04. The summed E-state index contributed by atoms with van der Waals surface area (Å²) in [5, 5.41) is 25.4. The van der Waals surface area contributed by atoms with Crippen LogP contribution in [0.5, 0.6) is 5.75 Å². The van der Waals surface area contributed by atoms with E-state index in [1.807, 2.05) is 0 Å². The van der Waals surface area contributed by atoms with Crippen molar-refractivity contribution in [2.24, 2.45) is 0 Å². The Labute approximate surface area is 188 Å². The minimum absolute atomic E-state index is 0.0724. The number of anilines is 1. The third-order valence-corrected chi connectivity index (χ3v) is 5.60. The molecule has 3 rings (SSSR count). The third-order valence-electron chi connectivity index (χ3n) is 5.60. The number of fused-ring (bicyclic) bond motifs is 1. The highest BCUT2D eigenvalue weighted by atomic mass is 19.4. The van der Waals surface area contributed by atoms with Gasteiger partial charge in [0.2, 0.25) is 0 Å². The number of nitrogens with one attached hydrogen (secondary N) is 2. The zero-order valence-corrected chi connectivity index (χ0v) is 18.5. The van der Waals surface area contributed by atoms with E-state index >= 15 is 0 Å². The minimum Gasteiger partial charge on any atom is -0.494 e. The van der Waals surface area contributed by atoms with Crippen molar-refractivity contribution < 1.29 is 37.3 Å². The molecule has 1 aliphatic rings. The number of carbonyl (C=O) groups excluding carboxylic acids is 1. The van der Waals surface area contributed by atoms with E-state index in [0.717, 1.165) is 7.11 Å². The third kappa shape index (κ3) is 5.22. The lowest BCUT2D eigenvalue weighted by Gasteiger charge is -2.26. The van der Waals surface area contributed by atoms with Gasteiger partial charge < -0.3 is 25.6 Å². The SMILES string of the molecule is COc1c(NC(=O)N[C@@H]2Cc3cc(F)ccc3[C@@H]2O)cc(C(C)(C)C)cc1[C@@H](O)C(F)(F)F. The van der Waals surface area contributed by atoms with Crippen molar-refractivity contribution in [1.82, 2.24) is 5.32 Å². The minimum atomic E-state index is -4.95. The van der Waals surface area contributed by atoms with Crippen LogP contribution in [0.2, 0.25) is 0 Å². The molecule has 0 spiro atoms. The van der Waals surface area contributed by atoms with Gasteiger partial charge in [0.15, 0.2) is 6.10 Å². The molecule has 0 saturated carbocycles. The van der Waals surface area contributed by atoms with Crippen molar-refractivity contribution in [3.63, 3.8) is 0 Å². The maximum atomic E-state index is 13.5. The molecule has 2 amide bonds. The summed E-state index contributed by atoms with van der Waals surface area (Å²) < 4.78 is 58.5. The van der Waals surface area contributed by atoms with Gasteiger partial charge in [0.1, 0.15) is 11.6 Å². The Morgan fingerprint density at radius 3 is 2.42 bits per heavy atom.